The van der Waals surface area contributed by atoms with Crippen molar-refractivity contribution in [3.63, 3.8) is 0 Å². The number of benzene rings is 1. The number of hydrogen-bond acceptors (Lipinski definition) is 3. The third kappa shape index (κ3) is 5.05. The summed E-state index contributed by atoms with van der Waals surface area (Å²) in [6.07, 6.45) is 0. The van der Waals surface area contributed by atoms with E-state index in [0.29, 0.717) is 24.5 Å². The van der Waals surface area contributed by atoms with Crippen LogP contribution in [0.1, 0.15) is 20.8 Å². The van der Waals surface area contributed by atoms with Crippen molar-refractivity contribution in [1.82, 2.24) is 5.32 Å². The summed E-state index contributed by atoms with van der Waals surface area (Å²) < 4.78 is 5.49. The highest BCUT2D eigenvalue weighted by Crippen LogP contribution is 2.10. The average Bonchev–Trinajstić information content (AvgIpc) is 2.30. The lowest BCUT2D eigenvalue weighted by atomic mass is 10.1. The van der Waals surface area contributed by atoms with Crippen molar-refractivity contribution in [1.29, 1.82) is 0 Å². The Hall–Kier alpha value is -1.75. The van der Waals surface area contributed by atoms with Crippen molar-refractivity contribution in [2.24, 2.45) is 0 Å². The van der Waals surface area contributed by atoms with Gasteiger partial charge in [-0.25, -0.2) is 4.79 Å². The Morgan fingerprint density at radius 2 is 1.94 bits per heavy atom. The van der Waals surface area contributed by atoms with Gasteiger partial charge in [0.15, 0.2) is 0 Å². The van der Waals surface area contributed by atoms with Gasteiger partial charge in [-0.3, -0.25) is 0 Å². The minimum atomic E-state index is -0.368. The monoisotopic (exact) mass is 251 g/mol. The maximum absolute atomic E-state index is 11.6. The van der Waals surface area contributed by atoms with Crippen molar-refractivity contribution in [2.75, 3.05) is 24.2 Å². The summed E-state index contributed by atoms with van der Waals surface area (Å²) in [5, 5.41) is 5.49. The molecule has 5 nitrogen and oxygen atoms in total. The van der Waals surface area contributed by atoms with Gasteiger partial charge >= 0.3 is 6.03 Å². The lowest BCUT2D eigenvalue weighted by Crippen LogP contribution is -2.42. The molecule has 0 aliphatic carbocycles. The number of nitrogens with one attached hydrogen (secondary N) is 2. The summed E-state index contributed by atoms with van der Waals surface area (Å²) in [6.45, 7) is 6.85. The summed E-state index contributed by atoms with van der Waals surface area (Å²) in [5.41, 5.74) is 6.56. The highest BCUT2D eigenvalue weighted by molar-refractivity contribution is 5.89. The molecule has 0 fully saturated rings. The lowest BCUT2D eigenvalue weighted by molar-refractivity contribution is -0.00662. The molecule has 100 valence electrons. The van der Waals surface area contributed by atoms with Gasteiger partial charge in [-0.2, -0.15) is 0 Å². The van der Waals surface area contributed by atoms with Gasteiger partial charge < -0.3 is 21.1 Å². The molecule has 0 saturated heterocycles. The number of hydrogen-bond donors (Lipinski definition) is 3. The molecule has 0 heterocycles. The van der Waals surface area contributed by atoms with E-state index in [1.54, 1.807) is 24.3 Å². The molecule has 4 N–H and O–H groups in total. The van der Waals surface area contributed by atoms with Crippen LogP contribution in [-0.2, 0) is 4.74 Å². The maximum atomic E-state index is 11.6. The third-order valence-corrected chi connectivity index (χ3v) is 2.38. The van der Waals surface area contributed by atoms with E-state index in [-0.39, 0.29) is 11.6 Å². The van der Waals surface area contributed by atoms with E-state index in [0.717, 1.165) is 0 Å². The van der Waals surface area contributed by atoms with E-state index in [1.165, 1.54) is 0 Å². The molecule has 0 unspecified atom stereocenters. The average molecular weight is 251 g/mol. The number of amides is 2. The second-order valence-corrected chi connectivity index (χ2v) is 4.62. The number of nitrogens with two attached hydrogens (primary N) is 1. The molecule has 2 amide bonds. The molecular formula is C13H21N3O2. The smallest absolute Gasteiger partial charge is 0.319 e. The van der Waals surface area contributed by atoms with Crippen LogP contribution in [0.3, 0.4) is 0 Å². The van der Waals surface area contributed by atoms with E-state index in [4.69, 9.17) is 10.5 Å². The molecule has 1 aromatic rings. The Kier molecular flexibility index (Phi) is 4.97. The molecule has 1 rings (SSSR count). The van der Waals surface area contributed by atoms with Crippen molar-refractivity contribution in [3.05, 3.63) is 24.3 Å². The number of anilines is 2. The molecular weight excluding hydrogens is 230 g/mol. The number of carbonyl (C=O) groups excluding carboxylic acids is 1. The highest BCUT2D eigenvalue weighted by Gasteiger charge is 2.18. The molecule has 5 heteroatoms. The molecule has 0 saturated carbocycles. The minimum Gasteiger partial charge on any atom is -0.399 e. The fourth-order valence-corrected chi connectivity index (χ4v) is 1.48. The second kappa shape index (κ2) is 6.26. The van der Waals surface area contributed by atoms with Crippen LogP contribution in [0.4, 0.5) is 16.2 Å². The van der Waals surface area contributed by atoms with Crippen molar-refractivity contribution >= 4 is 17.4 Å². The predicted octanol–water partition coefficient (Wildman–Crippen LogP) is 2.21. The fraction of sp³-hybridized carbons (Fsp3) is 0.462. The van der Waals surface area contributed by atoms with Gasteiger partial charge in [0, 0.05) is 24.5 Å². The van der Waals surface area contributed by atoms with Crippen LogP contribution in [-0.4, -0.2) is 24.8 Å². The van der Waals surface area contributed by atoms with Crippen molar-refractivity contribution < 1.29 is 9.53 Å². The molecule has 1 aromatic carbocycles. The van der Waals surface area contributed by atoms with Crippen LogP contribution in [0.2, 0.25) is 0 Å². The summed E-state index contributed by atoms with van der Waals surface area (Å²) in [5.74, 6) is 0. The van der Waals surface area contributed by atoms with Crippen molar-refractivity contribution in [3.8, 4) is 0 Å². The fourth-order valence-electron chi connectivity index (χ4n) is 1.48. The molecule has 0 aromatic heterocycles. The summed E-state index contributed by atoms with van der Waals surface area (Å²) in [4.78, 5) is 11.6. The highest BCUT2D eigenvalue weighted by atomic mass is 16.5. The Balaban J connectivity index is 2.40. The first-order valence-corrected chi connectivity index (χ1v) is 5.97. The van der Waals surface area contributed by atoms with E-state index >= 15 is 0 Å². The predicted molar refractivity (Wildman–Crippen MR) is 73.6 cm³/mol. The third-order valence-electron chi connectivity index (χ3n) is 2.38. The zero-order valence-corrected chi connectivity index (χ0v) is 11.1. The zero-order chi connectivity index (χ0) is 13.6. The SMILES string of the molecule is CCOC(C)(C)CNC(=O)Nc1ccc(N)cc1. The zero-order valence-electron chi connectivity index (χ0n) is 11.1. The molecule has 0 radical (unpaired) electrons. The molecule has 0 atom stereocenters. The molecule has 0 aliphatic rings. The number of urea groups is 1. The Bertz CT molecular complexity index is 388. The van der Waals surface area contributed by atoms with Crippen LogP contribution in [0.25, 0.3) is 0 Å². The van der Waals surface area contributed by atoms with Gasteiger partial charge in [0.25, 0.3) is 0 Å². The normalized spacial score (nSPS) is 11.1. The van der Waals surface area contributed by atoms with Crippen LogP contribution >= 0.6 is 0 Å². The Morgan fingerprint density at radius 3 is 2.50 bits per heavy atom. The van der Waals surface area contributed by atoms with E-state index < -0.39 is 0 Å². The topological polar surface area (TPSA) is 76.4 Å². The standard InChI is InChI=1S/C13H21N3O2/c1-4-18-13(2,3)9-15-12(17)16-11-7-5-10(14)6-8-11/h5-8H,4,9,14H2,1-3H3,(H2,15,16,17). The van der Waals surface area contributed by atoms with Crippen LogP contribution in [0.5, 0.6) is 0 Å². The lowest BCUT2D eigenvalue weighted by Gasteiger charge is -2.24. The van der Waals surface area contributed by atoms with Gasteiger partial charge in [0.1, 0.15) is 0 Å². The number of ether oxygens (including phenoxy) is 1. The minimum absolute atomic E-state index is 0.257. The largest absolute Gasteiger partial charge is 0.399 e. The quantitative estimate of drug-likeness (QED) is 0.702. The summed E-state index contributed by atoms with van der Waals surface area (Å²) in [7, 11) is 0. The second-order valence-electron chi connectivity index (χ2n) is 4.62. The van der Waals surface area contributed by atoms with Gasteiger partial charge in [-0.1, -0.05) is 0 Å². The van der Waals surface area contributed by atoms with Crippen LogP contribution < -0.4 is 16.4 Å². The van der Waals surface area contributed by atoms with Gasteiger partial charge in [0.05, 0.1) is 5.60 Å². The molecule has 18 heavy (non-hydrogen) atoms. The van der Waals surface area contributed by atoms with Gasteiger partial charge in [-0.05, 0) is 45.0 Å². The summed E-state index contributed by atoms with van der Waals surface area (Å²) >= 11 is 0. The number of carbonyl (C=O) groups is 1. The number of rotatable bonds is 5. The first-order valence-electron chi connectivity index (χ1n) is 5.97. The first kappa shape index (κ1) is 14.3. The van der Waals surface area contributed by atoms with Crippen LogP contribution in [0, 0.1) is 0 Å². The maximum Gasteiger partial charge on any atom is 0.319 e. The first-order chi connectivity index (χ1) is 8.43. The molecule has 0 spiro atoms. The van der Waals surface area contributed by atoms with Crippen molar-refractivity contribution in [2.45, 2.75) is 26.4 Å². The Morgan fingerprint density at radius 1 is 1.33 bits per heavy atom. The summed E-state index contributed by atoms with van der Waals surface area (Å²) in [6, 6.07) is 6.72. The number of nitrogen functional groups attached to an aromatic ring is 1. The van der Waals surface area contributed by atoms with Gasteiger partial charge in [0.2, 0.25) is 0 Å². The molecule has 0 aliphatic heterocycles. The van der Waals surface area contributed by atoms with E-state index in [2.05, 4.69) is 10.6 Å². The molecule has 0 bridgehead atoms. The van der Waals surface area contributed by atoms with Crippen LogP contribution in [0.15, 0.2) is 24.3 Å². The van der Waals surface area contributed by atoms with E-state index in [9.17, 15) is 4.79 Å². The van der Waals surface area contributed by atoms with Gasteiger partial charge in [-0.15, -0.1) is 0 Å². The Labute approximate surface area is 108 Å². The van der Waals surface area contributed by atoms with E-state index in [1.807, 2.05) is 20.8 Å².